The molecule has 2 unspecified atom stereocenters. The monoisotopic (exact) mass is 529 g/mol. The highest BCUT2D eigenvalue weighted by atomic mass is 16.6. The van der Waals surface area contributed by atoms with Gasteiger partial charge in [0.15, 0.2) is 0 Å². The van der Waals surface area contributed by atoms with Crippen LogP contribution in [0.5, 0.6) is 0 Å². The Morgan fingerprint density at radius 2 is 1.68 bits per heavy atom. The number of carbonyl (C=O) groups is 3. The summed E-state index contributed by atoms with van der Waals surface area (Å²) in [5.74, 6) is -0.423. The molecule has 0 aliphatic heterocycles. The molecule has 3 amide bonds. The molecular weight excluding hydrogens is 478 g/mol. The van der Waals surface area contributed by atoms with E-state index in [0.29, 0.717) is 6.54 Å². The van der Waals surface area contributed by atoms with Gasteiger partial charge in [-0.05, 0) is 71.9 Å². The molecule has 2 rings (SSSR count). The lowest BCUT2D eigenvalue weighted by Gasteiger charge is -2.36. The number of ether oxygens (including phenoxy) is 1. The third kappa shape index (κ3) is 10.3. The Balaban J connectivity index is 2.39. The number of alkyl carbamates (subject to hydrolysis) is 1. The highest BCUT2D eigenvalue weighted by molar-refractivity contribution is 5.92. The zero-order valence-corrected chi connectivity index (χ0v) is 24.8. The van der Waals surface area contributed by atoms with Crippen LogP contribution in [0.4, 0.5) is 4.79 Å². The van der Waals surface area contributed by atoms with E-state index in [-0.39, 0.29) is 17.9 Å². The van der Waals surface area contributed by atoms with E-state index < -0.39 is 23.8 Å². The molecule has 7 heteroatoms. The molecule has 0 bridgehead atoms. The molecule has 0 saturated heterocycles. The standard InChI is InChI=1S/C31H51N3O4/c1-8-9-10-11-15-20-34(29(36)24(4)32-30(37)38-31(5,6)7)27(26-21-22(2)18-19-23(26)3)28(35)33-25-16-13-12-14-17-25/h18-19,21,24-25,27H,8-17,20H2,1-7H3,(H,32,37)(H,33,35). The third-order valence-corrected chi connectivity index (χ3v) is 7.13. The average Bonchev–Trinajstić information content (AvgIpc) is 2.84. The van der Waals surface area contributed by atoms with Crippen molar-refractivity contribution in [3.05, 3.63) is 34.9 Å². The number of aryl methyl sites for hydroxylation is 2. The van der Waals surface area contributed by atoms with E-state index in [1.807, 2.05) is 32.0 Å². The first-order valence-electron chi connectivity index (χ1n) is 14.6. The van der Waals surface area contributed by atoms with Gasteiger partial charge in [-0.2, -0.15) is 0 Å². The lowest BCUT2D eigenvalue weighted by Crippen LogP contribution is -2.53. The Bertz CT molecular complexity index is 918. The molecule has 1 aliphatic rings. The third-order valence-electron chi connectivity index (χ3n) is 7.13. The number of hydrogen-bond acceptors (Lipinski definition) is 4. The van der Waals surface area contributed by atoms with Gasteiger partial charge < -0.3 is 20.3 Å². The highest BCUT2D eigenvalue weighted by Crippen LogP contribution is 2.28. The van der Waals surface area contributed by atoms with Crippen LogP contribution in [-0.2, 0) is 14.3 Å². The zero-order chi connectivity index (χ0) is 28.3. The summed E-state index contributed by atoms with van der Waals surface area (Å²) < 4.78 is 5.39. The number of amides is 3. The van der Waals surface area contributed by atoms with E-state index >= 15 is 0 Å². The number of unbranched alkanes of at least 4 members (excludes halogenated alkanes) is 4. The van der Waals surface area contributed by atoms with Crippen LogP contribution >= 0.6 is 0 Å². The van der Waals surface area contributed by atoms with Gasteiger partial charge in [-0.15, -0.1) is 0 Å². The van der Waals surface area contributed by atoms with Crippen LogP contribution in [0.3, 0.4) is 0 Å². The maximum Gasteiger partial charge on any atom is 0.408 e. The molecule has 1 saturated carbocycles. The maximum absolute atomic E-state index is 14.0. The SMILES string of the molecule is CCCCCCCN(C(=O)C(C)NC(=O)OC(C)(C)C)C(C(=O)NC1CCCCC1)c1cc(C)ccc1C. The van der Waals surface area contributed by atoms with Crippen molar-refractivity contribution in [2.24, 2.45) is 0 Å². The quantitative estimate of drug-likeness (QED) is 0.302. The Hall–Kier alpha value is -2.57. The normalized spacial score (nSPS) is 15.9. The fourth-order valence-corrected chi connectivity index (χ4v) is 5.08. The number of nitrogens with zero attached hydrogens (tertiary/aromatic N) is 1. The Morgan fingerprint density at radius 3 is 2.32 bits per heavy atom. The van der Waals surface area contributed by atoms with E-state index in [1.165, 1.54) is 6.42 Å². The van der Waals surface area contributed by atoms with Crippen molar-refractivity contribution in [3.63, 3.8) is 0 Å². The molecule has 214 valence electrons. The summed E-state index contributed by atoms with van der Waals surface area (Å²) in [4.78, 5) is 42.1. The molecule has 2 N–H and O–H groups in total. The van der Waals surface area contributed by atoms with Gasteiger partial charge in [-0.1, -0.05) is 75.6 Å². The minimum atomic E-state index is -0.837. The van der Waals surface area contributed by atoms with Crippen molar-refractivity contribution in [2.75, 3.05) is 6.54 Å². The van der Waals surface area contributed by atoms with Gasteiger partial charge in [-0.25, -0.2) is 4.79 Å². The number of benzene rings is 1. The van der Waals surface area contributed by atoms with Crippen molar-refractivity contribution in [1.29, 1.82) is 0 Å². The van der Waals surface area contributed by atoms with E-state index in [0.717, 1.165) is 74.5 Å². The molecule has 0 aromatic heterocycles. The number of carbonyl (C=O) groups excluding carboxylic acids is 3. The van der Waals surface area contributed by atoms with Crippen molar-refractivity contribution in [3.8, 4) is 0 Å². The van der Waals surface area contributed by atoms with Gasteiger partial charge in [0.1, 0.15) is 17.7 Å². The van der Waals surface area contributed by atoms with Crippen LogP contribution in [0.25, 0.3) is 0 Å². The lowest BCUT2D eigenvalue weighted by molar-refractivity contribution is -0.142. The lowest BCUT2D eigenvalue weighted by atomic mass is 9.93. The molecule has 0 radical (unpaired) electrons. The molecule has 2 atom stereocenters. The summed E-state index contributed by atoms with van der Waals surface area (Å²) >= 11 is 0. The van der Waals surface area contributed by atoms with Crippen LogP contribution < -0.4 is 10.6 Å². The summed E-state index contributed by atoms with van der Waals surface area (Å²) in [5.41, 5.74) is 2.17. The predicted octanol–water partition coefficient (Wildman–Crippen LogP) is 6.51. The number of nitrogens with one attached hydrogen (secondary N) is 2. The molecule has 1 aromatic carbocycles. The van der Waals surface area contributed by atoms with E-state index in [4.69, 9.17) is 4.74 Å². The Kier molecular flexibility index (Phi) is 12.6. The molecule has 0 heterocycles. The smallest absolute Gasteiger partial charge is 0.408 e. The molecular formula is C31H51N3O4. The highest BCUT2D eigenvalue weighted by Gasteiger charge is 2.36. The van der Waals surface area contributed by atoms with E-state index in [2.05, 4.69) is 17.6 Å². The number of rotatable bonds is 12. The largest absolute Gasteiger partial charge is 0.444 e. The van der Waals surface area contributed by atoms with Crippen LogP contribution in [0, 0.1) is 13.8 Å². The summed E-state index contributed by atoms with van der Waals surface area (Å²) in [5, 5.41) is 5.97. The summed E-state index contributed by atoms with van der Waals surface area (Å²) in [6, 6.07) is 4.58. The molecule has 1 fully saturated rings. The van der Waals surface area contributed by atoms with Crippen LogP contribution in [0.1, 0.15) is 122 Å². The minimum Gasteiger partial charge on any atom is -0.444 e. The van der Waals surface area contributed by atoms with Gasteiger partial charge in [0.25, 0.3) is 0 Å². The van der Waals surface area contributed by atoms with Crippen molar-refractivity contribution < 1.29 is 19.1 Å². The fourth-order valence-electron chi connectivity index (χ4n) is 5.08. The molecule has 0 spiro atoms. The Morgan fingerprint density at radius 1 is 1.03 bits per heavy atom. The molecule has 1 aromatic rings. The molecule has 1 aliphatic carbocycles. The van der Waals surface area contributed by atoms with Gasteiger partial charge in [0.05, 0.1) is 0 Å². The van der Waals surface area contributed by atoms with Gasteiger partial charge >= 0.3 is 6.09 Å². The summed E-state index contributed by atoms with van der Waals surface area (Å²) in [6.07, 6.45) is 9.84. The Labute approximate surface area is 230 Å². The fraction of sp³-hybridized carbons (Fsp3) is 0.710. The van der Waals surface area contributed by atoms with Gasteiger partial charge in [-0.3, -0.25) is 9.59 Å². The van der Waals surface area contributed by atoms with Gasteiger partial charge in [0.2, 0.25) is 11.8 Å². The first kappa shape index (κ1) is 31.6. The van der Waals surface area contributed by atoms with E-state index in [1.54, 1.807) is 32.6 Å². The predicted molar refractivity (Wildman–Crippen MR) is 153 cm³/mol. The number of hydrogen-bond donors (Lipinski definition) is 2. The van der Waals surface area contributed by atoms with Crippen molar-refractivity contribution in [2.45, 2.75) is 136 Å². The topological polar surface area (TPSA) is 87.7 Å². The maximum atomic E-state index is 14.0. The van der Waals surface area contributed by atoms with Gasteiger partial charge in [0, 0.05) is 12.6 Å². The van der Waals surface area contributed by atoms with E-state index in [9.17, 15) is 14.4 Å². The average molecular weight is 530 g/mol. The first-order valence-corrected chi connectivity index (χ1v) is 14.6. The zero-order valence-electron chi connectivity index (χ0n) is 24.8. The van der Waals surface area contributed by atoms with Crippen molar-refractivity contribution >= 4 is 17.9 Å². The summed E-state index contributed by atoms with van der Waals surface area (Å²) in [6.45, 7) is 13.6. The molecule has 7 nitrogen and oxygen atoms in total. The second-order valence-corrected chi connectivity index (χ2v) is 11.9. The van der Waals surface area contributed by atoms with Crippen LogP contribution in [0.2, 0.25) is 0 Å². The second kappa shape index (κ2) is 15.1. The van der Waals surface area contributed by atoms with Crippen LogP contribution in [0.15, 0.2) is 18.2 Å². The minimum absolute atomic E-state index is 0.127. The first-order chi connectivity index (χ1) is 17.9. The van der Waals surface area contributed by atoms with Crippen LogP contribution in [-0.4, -0.2) is 47.0 Å². The molecule has 38 heavy (non-hydrogen) atoms. The second-order valence-electron chi connectivity index (χ2n) is 11.9. The van der Waals surface area contributed by atoms with Crippen molar-refractivity contribution in [1.82, 2.24) is 15.5 Å². The summed E-state index contributed by atoms with van der Waals surface area (Å²) in [7, 11) is 0.